The minimum absolute atomic E-state index is 0.728. The molecule has 0 amide bonds. The van der Waals surface area contributed by atoms with Gasteiger partial charge in [-0.15, -0.1) is 0 Å². The van der Waals surface area contributed by atoms with Gasteiger partial charge in [-0.1, -0.05) is 12.1 Å². The van der Waals surface area contributed by atoms with E-state index in [0.717, 1.165) is 17.8 Å². The highest BCUT2D eigenvalue weighted by Gasteiger charge is 2.23. The quantitative estimate of drug-likeness (QED) is 0.891. The first-order valence-corrected chi connectivity index (χ1v) is 9.24. The molecule has 2 fully saturated rings. The first-order valence-electron chi connectivity index (χ1n) is 7.95. The highest BCUT2D eigenvalue weighted by atomic mass is 32.2. The molecular formula is C17H26N2S. The zero-order valence-corrected chi connectivity index (χ0v) is 13.3. The van der Waals surface area contributed by atoms with Crippen LogP contribution < -0.4 is 10.2 Å². The van der Waals surface area contributed by atoms with Gasteiger partial charge in [0.05, 0.1) is 0 Å². The largest absolute Gasteiger partial charge is 0.372 e. The average molecular weight is 290 g/mol. The van der Waals surface area contributed by atoms with E-state index < -0.39 is 0 Å². The molecule has 1 saturated carbocycles. The molecule has 3 rings (SSSR count). The fourth-order valence-corrected chi connectivity index (χ4v) is 4.20. The lowest BCUT2D eigenvalue weighted by atomic mass is 10.1. The van der Waals surface area contributed by atoms with Crippen molar-refractivity contribution in [3.05, 3.63) is 29.8 Å². The molecule has 2 aliphatic rings. The Kier molecular flexibility index (Phi) is 4.90. The Bertz CT molecular complexity index is 412. The monoisotopic (exact) mass is 290 g/mol. The minimum atomic E-state index is 0.728. The van der Waals surface area contributed by atoms with Crippen molar-refractivity contribution >= 4 is 17.4 Å². The zero-order valence-electron chi connectivity index (χ0n) is 12.5. The van der Waals surface area contributed by atoms with E-state index in [1.165, 1.54) is 56.4 Å². The van der Waals surface area contributed by atoms with Gasteiger partial charge in [0, 0.05) is 36.6 Å². The average Bonchev–Trinajstić information content (AvgIpc) is 3.17. The number of benzene rings is 1. The van der Waals surface area contributed by atoms with Crippen LogP contribution in [0, 0.1) is 0 Å². The highest BCUT2D eigenvalue weighted by molar-refractivity contribution is 7.99. The zero-order chi connectivity index (χ0) is 13.8. The summed E-state index contributed by atoms with van der Waals surface area (Å²) in [6.07, 6.45) is 9.00. The molecule has 2 atom stereocenters. The molecule has 0 bridgehead atoms. The molecule has 1 N–H and O–H groups in total. The summed E-state index contributed by atoms with van der Waals surface area (Å²) in [6, 6.07) is 9.90. The molecule has 1 aromatic carbocycles. The smallest absolute Gasteiger partial charge is 0.0366 e. The third-order valence-electron chi connectivity index (χ3n) is 4.72. The normalized spacial score (nSPS) is 26.4. The Morgan fingerprint density at radius 3 is 2.55 bits per heavy atom. The van der Waals surface area contributed by atoms with E-state index in [-0.39, 0.29) is 0 Å². The summed E-state index contributed by atoms with van der Waals surface area (Å²) in [5, 5.41) is 4.60. The van der Waals surface area contributed by atoms with Gasteiger partial charge in [0.25, 0.3) is 0 Å². The lowest BCUT2D eigenvalue weighted by molar-refractivity contribution is 0.525. The number of rotatable bonds is 5. The first kappa shape index (κ1) is 14.3. The van der Waals surface area contributed by atoms with Crippen LogP contribution in [-0.4, -0.2) is 30.6 Å². The summed E-state index contributed by atoms with van der Waals surface area (Å²) in [5.41, 5.74) is 2.81. The molecule has 20 heavy (non-hydrogen) atoms. The Labute approximate surface area is 127 Å². The molecule has 1 aliphatic heterocycles. The van der Waals surface area contributed by atoms with Crippen LogP contribution >= 0.6 is 11.8 Å². The maximum atomic E-state index is 3.72. The van der Waals surface area contributed by atoms with E-state index in [9.17, 15) is 0 Å². The van der Waals surface area contributed by atoms with Crippen LogP contribution in [0.15, 0.2) is 24.3 Å². The maximum absolute atomic E-state index is 3.72. The summed E-state index contributed by atoms with van der Waals surface area (Å²) >= 11 is 2.03. The van der Waals surface area contributed by atoms with Gasteiger partial charge in [-0.05, 0) is 56.1 Å². The third-order valence-corrected chi connectivity index (χ3v) is 5.82. The van der Waals surface area contributed by atoms with Crippen molar-refractivity contribution in [2.75, 3.05) is 24.2 Å². The molecule has 0 radical (unpaired) electrons. The van der Waals surface area contributed by atoms with Crippen molar-refractivity contribution in [1.29, 1.82) is 0 Å². The van der Waals surface area contributed by atoms with Crippen molar-refractivity contribution in [3.63, 3.8) is 0 Å². The van der Waals surface area contributed by atoms with Gasteiger partial charge in [-0.3, -0.25) is 0 Å². The lowest BCUT2D eigenvalue weighted by Crippen LogP contribution is -2.26. The maximum Gasteiger partial charge on any atom is 0.0366 e. The molecule has 1 aliphatic carbocycles. The van der Waals surface area contributed by atoms with Gasteiger partial charge in [0.15, 0.2) is 0 Å². The number of nitrogens with zero attached hydrogens (tertiary/aromatic N) is 1. The molecule has 110 valence electrons. The van der Waals surface area contributed by atoms with Crippen LogP contribution in [0.2, 0.25) is 0 Å². The Morgan fingerprint density at radius 2 is 1.90 bits per heavy atom. The standard InChI is InChI=1S/C17H26N2S/c1-20-17-9-6-15(12-17)18-13-14-4-7-16(8-5-14)19-10-2-3-11-19/h4-5,7-8,15,17-18H,2-3,6,9-13H2,1H3. The van der Waals surface area contributed by atoms with Crippen LogP contribution in [0.3, 0.4) is 0 Å². The van der Waals surface area contributed by atoms with Crippen molar-refractivity contribution in [3.8, 4) is 0 Å². The number of nitrogens with one attached hydrogen (secondary N) is 1. The molecule has 1 aromatic rings. The van der Waals surface area contributed by atoms with E-state index in [1.807, 2.05) is 11.8 Å². The molecule has 2 unspecified atom stereocenters. The molecular weight excluding hydrogens is 264 g/mol. The number of thioether (sulfide) groups is 1. The first-order chi connectivity index (χ1) is 9.85. The number of hydrogen-bond donors (Lipinski definition) is 1. The fourth-order valence-electron chi connectivity index (χ4n) is 3.40. The molecule has 1 saturated heterocycles. The van der Waals surface area contributed by atoms with E-state index in [2.05, 4.69) is 40.7 Å². The molecule has 3 heteroatoms. The summed E-state index contributed by atoms with van der Waals surface area (Å²) in [4.78, 5) is 2.50. The highest BCUT2D eigenvalue weighted by Crippen LogP contribution is 2.28. The molecule has 0 aromatic heterocycles. The van der Waals surface area contributed by atoms with E-state index >= 15 is 0 Å². The summed E-state index contributed by atoms with van der Waals surface area (Å²) in [6.45, 7) is 3.48. The lowest BCUT2D eigenvalue weighted by Gasteiger charge is -2.18. The second-order valence-corrected chi connectivity index (χ2v) is 7.25. The van der Waals surface area contributed by atoms with Gasteiger partial charge in [-0.25, -0.2) is 0 Å². The second-order valence-electron chi connectivity index (χ2n) is 6.11. The van der Waals surface area contributed by atoms with Crippen LogP contribution in [0.25, 0.3) is 0 Å². The van der Waals surface area contributed by atoms with Gasteiger partial charge in [0.1, 0.15) is 0 Å². The minimum Gasteiger partial charge on any atom is -0.372 e. The Hall–Kier alpha value is -0.670. The van der Waals surface area contributed by atoms with Gasteiger partial charge < -0.3 is 10.2 Å². The van der Waals surface area contributed by atoms with Crippen LogP contribution in [0.5, 0.6) is 0 Å². The predicted molar refractivity (Wildman–Crippen MR) is 89.7 cm³/mol. The SMILES string of the molecule is CSC1CCC(NCc2ccc(N3CCCC3)cc2)C1. The molecule has 2 nitrogen and oxygen atoms in total. The fraction of sp³-hybridized carbons (Fsp3) is 0.647. The van der Waals surface area contributed by atoms with Crippen LogP contribution in [0.1, 0.15) is 37.7 Å². The van der Waals surface area contributed by atoms with E-state index in [4.69, 9.17) is 0 Å². The van der Waals surface area contributed by atoms with Crippen LogP contribution in [0.4, 0.5) is 5.69 Å². The Balaban J connectivity index is 1.48. The molecule has 1 heterocycles. The van der Waals surface area contributed by atoms with Crippen molar-refractivity contribution in [1.82, 2.24) is 5.32 Å². The van der Waals surface area contributed by atoms with Gasteiger partial charge in [0.2, 0.25) is 0 Å². The predicted octanol–water partition coefficient (Wildman–Crippen LogP) is 3.66. The van der Waals surface area contributed by atoms with Gasteiger partial charge >= 0.3 is 0 Å². The van der Waals surface area contributed by atoms with E-state index in [0.29, 0.717) is 0 Å². The summed E-state index contributed by atoms with van der Waals surface area (Å²) in [5.74, 6) is 0. The van der Waals surface area contributed by atoms with E-state index in [1.54, 1.807) is 0 Å². The van der Waals surface area contributed by atoms with Crippen molar-refractivity contribution in [2.24, 2.45) is 0 Å². The van der Waals surface area contributed by atoms with Crippen LogP contribution in [-0.2, 0) is 6.54 Å². The second kappa shape index (κ2) is 6.86. The Morgan fingerprint density at radius 1 is 1.15 bits per heavy atom. The van der Waals surface area contributed by atoms with Gasteiger partial charge in [-0.2, -0.15) is 11.8 Å². The third kappa shape index (κ3) is 3.50. The number of hydrogen-bond acceptors (Lipinski definition) is 3. The molecule has 0 spiro atoms. The number of anilines is 1. The van der Waals surface area contributed by atoms with Crippen molar-refractivity contribution in [2.45, 2.75) is 49.9 Å². The van der Waals surface area contributed by atoms with Crippen molar-refractivity contribution < 1.29 is 0 Å². The summed E-state index contributed by atoms with van der Waals surface area (Å²) in [7, 11) is 0. The summed E-state index contributed by atoms with van der Waals surface area (Å²) < 4.78 is 0. The topological polar surface area (TPSA) is 15.3 Å².